The van der Waals surface area contributed by atoms with Crippen LogP contribution in [0.25, 0.3) is 0 Å². The average Bonchev–Trinajstić information content (AvgIpc) is 2.24. The monoisotopic (exact) mass is 780 g/mol. The summed E-state index contributed by atoms with van der Waals surface area (Å²) < 4.78 is 9.27. The second-order valence-electron chi connectivity index (χ2n) is 17.9. The van der Waals surface area contributed by atoms with Gasteiger partial charge in [0.1, 0.15) is 0 Å². The summed E-state index contributed by atoms with van der Waals surface area (Å²) in [6, 6.07) is 0. The first-order valence-electron chi connectivity index (χ1n) is 13.2. The van der Waals surface area contributed by atoms with E-state index >= 15 is 0 Å². The quantitative estimate of drug-likeness (QED) is 0.236. The van der Waals surface area contributed by atoms with Crippen LogP contribution in [0.2, 0.25) is 26.6 Å². The molecule has 0 saturated heterocycles. The van der Waals surface area contributed by atoms with Gasteiger partial charge in [-0.1, -0.05) is 0 Å². The Morgan fingerprint density at radius 1 is 0.273 bits per heavy atom. The molecule has 196 valence electrons. The van der Waals surface area contributed by atoms with Gasteiger partial charge in [-0.15, -0.1) is 0 Å². The minimum absolute atomic E-state index is 0. The maximum absolute atomic E-state index is 2.42. The van der Waals surface area contributed by atoms with Crippen molar-refractivity contribution in [2.75, 3.05) is 0 Å². The van der Waals surface area contributed by atoms with Crippen LogP contribution in [0.3, 0.4) is 0 Å². The van der Waals surface area contributed by atoms with Gasteiger partial charge in [0.05, 0.1) is 0 Å². The Labute approximate surface area is 248 Å². The molecule has 0 unspecified atom stereocenters. The minimum Gasteiger partial charge on any atom is 0 e. The van der Waals surface area contributed by atoms with Crippen molar-refractivity contribution in [1.29, 1.82) is 0 Å². The smallest absolute Gasteiger partial charge is 0 e. The zero-order chi connectivity index (χ0) is 26.4. The van der Waals surface area contributed by atoms with Crippen LogP contribution in [-0.2, 0) is 27.3 Å². The van der Waals surface area contributed by atoms with Crippen LogP contribution in [0.4, 0.5) is 0 Å². The van der Waals surface area contributed by atoms with Gasteiger partial charge in [0, 0.05) is 27.3 Å². The van der Waals surface area contributed by atoms with Gasteiger partial charge in [-0.2, -0.15) is 0 Å². The van der Waals surface area contributed by atoms with Gasteiger partial charge >= 0.3 is 223 Å². The van der Waals surface area contributed by atoms with Crippen molar-refractivity contribution < 1.29 is 27.3 Å². The predicted molar refractivity (Wildman–Crippen MR) is 157 cm³/mol. The summed E-state index contributed by atoms with van der Waals surface area (Å²) >= 11 is -2.44. The molecule has 0 rings (SSSR count). The van der Waals surface area contributed by atoms with E-state index in [2.05, 4.69) is 125 Å². The van der Waals surface area contributed by atoms with E-state index in [4.69, 9.17) is 0 Å². The molecule has 0 aliphatic carbocycles. The summed E-state index contributed by atoms with van der Waals surface area (Å²) in [5, 5.41) is 0. The molecule has 0 aliphatic rings. The molecule has 0 fully saturated rings. The maximum Gasteiger partial charge on any atom is 0 e. The molecule has 0 N–H and O–H groups in total. The first-order chi connectivity index (χ1) is 13.6. The van der Waals surface area contributed by atoms with E-state index in [1.54, 1.807) is 26.6 Å². The molecule has 0 aliphatic heterocycles. The van der Waals surface area contributed by atoms with Gasteiger partial charge in [0.2, 0.25) is 0 Å². The third kappa shape index (κ3) is 34.5. The van der Waals surface area contributed by atoms with E-state index in [9.17, 15) is 0 Å². The van der Waals surface area contributed by atoms with E-state index in [1.165, 1.54) is 0 Å². The van der Waals surface area contributed by atoms with E-state index in [1.807, 2.05) is 0 Å². The Morgan fingerprint density at radius 2 is 0.364 bits per heavy atom. The Morgan fingerprint density at radius 3 is 0.424 bits per heavy atom. The summed E-state index contributed by atoms with van der Waals surface area (Å²) in [7, 11) is 0. The van der Waals surface area contributed by atoms with Crippen LogP contribution >= 0.6 is 0 Å². The van der Waals surface area contributed by atoms with E-state index in [0.717, 1.165) is 0 Å². The van der Waals surface area contributed by atoms with Crippen LogP contribution in [-0.4, -0.2) is 39.5 Å². The number of hydrogen-bond donors (Lipinski definition) is 0. The molecule has 0 spiro atoms. The van der Waals surface area contributed by atoms with E-state index in [0.29, 0.717) is 32.5 Å². The van der Waals surface area contributed by atoms with Gasteiger partial charge in [0.15, 0.2) is 0 Å². The molecule has 0 bridgehead atoms. The molecular formula is C30H66CdSn2. The SMILES string of the molecule is CC(C)(C)[CH2][Sn]([CH2]C(C)(C)C)[CH2]C(C)(C)C.CC(C)(C)[CH2][Sn]([CH2]C(C)(C)C)[CH2]C(C)(C)C.[Cd]. The Bertz CT molecular complexity index is 372. The van der Waals surface area contributed by atoms with Crippen molar-refractivity contribution in [3.8, 4) is 0 Å². The second kappa shape index (κ2) is 15.2. The summed E-state index contributed by atoms with van der Waals surface area (Å²) in [6.45, 7) is 43.5. The summed E-state index contributed by atoms with van der Waals surface area (Å²) in [5.41, 5.74) is 3.28. The molecule has 3 heteroatoms. The van der Waals surface area contributed by atoms with Crippen LogP contribution < -0.4 is 0 Å². The molecule has 0 aromatic heterocycles. The Kier molecular flexibility index (Phi) is 18.4. The summed E-state index contributed by atoms with van der Waals surface area (Å²) in [5.74, 6) is 0. The minimum atomic E-state index is -1.22. The van der Waals surface area contributed by atoms with Crippen molar-refractivity contribution in [3.05, 3.63) is 0 Å². The summed E-state index contributed by atoms with van der Waals surface area (Å²) in [6.07, 6.45) is 0. The van der Waals surface area contributed by atoms with Crippen LogP contribution in [0, 0.1) is 32.5 Å². The first-order valence-corrected chi connectivity index (χ1v) is 25.4. The fraction of sp³-hybridized carbons (Fsp3) is 1.00. The number of rotatable bonds is 6. The third-order valence-electron chi connectivity index (χ3n) is 4.68. The molecule has 0 heterocycles. The molecule has 33 heavy (non-hydrogen) atoms. The van der Waals surface area contributed by atoms with Crippen molar-refractivity contribution in [2.45, 2.75) is 151 Å². The first kappa shape index (κ1) is 40.0. The molecule has 0 amide bonds. The zero-order valence-corrected chi connectivity index (χ0v) is 36.7. The fourth-order valence-corrected chi connectivity index (χ4v) is 32.7. The largest absolute Gasteiger partial charge is 0 e. The molecule has 0 saturated carbocycles. The van der Waals surface area contributed by atoms with Gasteiger partial charge in [-0.05, 0) is 0 Å². The van der Waals surface area contributed by atoms with Crippen LogP contribution in [0.5, 0.6) is 0 Å². The van der Waals surface area contributed by atoms with Gasteiger partial charge in [0.25, 0.3) is 0 Å². The van der Waals surface area contributed by atoms with Crippen molar-refractivity contribution in [3.63, 3.8) is 0 Å². The standard InChI is InChI=1S/6C5H11.Cd.2Sn/c6*1-5(2,3)4;;;/h6*1H2,2-4H3;;;. The second-order valence-corrected chi connectivity index (χ2v) is 32.5. The van der Waals surface area contributed by atoms with Crippen molar-refractivity contribution in [2.24, 2.45) is 32.5 Å². The van der Waals surface area contributed by atoms with Crippen LogP contribution in [0.15, 0.2) is 0 Å². The zero-order valence-electron chi connectivity index (χ0n) is 26.9. The van der Waals surface area contributed by atoms with Crippen LogP contribution in [0.1, 0.15) is 125 Å². The van der Waals surface area contributed by atoms with Gasteiger partial charge in [-0.25, -0.2) is 0 Å². The van der Waals surface area contributed by atoms with Gasteiger partial charge in [-0.3, -0.25) is 0 Å². The topological polar surface area (TPSA) is 0 Å². The molecule has 0 aromatic carbocycles. The summed E-state index contributed by atoms with van der Waals surface area (Å²) in [4.78, 5) is 0. The van der Waals surface area contributed by atoms with Gasteiger partial charge < -0.3 is 0 Å². The third-order valence-corrected chi connectivity index (χ3v) is 31.4. The molecule has 0 nitrogen and oxygen atoms in total. The van der Waals surface area contributed by atoms with Crippen molar-refractivity contribution in [1.82, 2.24) is 0 Å². The molecule has 2 radical (unpaired) electrons. The predicted octanol–water partition coefficient (Wildman–Crippen LogP) is 11.2. The molecular weight excluding hydrogens is 710 g/mol. The fourth-order valence-electron chi connectivity index (χ4n) is 4.87. The molecule has 0 atom stereocenters. The Hall–Kier alpha value is 2.52. The average molecular weight is 777 g/mol. The van der Waals surface area contributed by atoms with Crippen molar-refractivity contribution >= 4 is 39.5 Å². The maximum atomic E-state index is 2.42. The normalized spacial score (nSPS) is 14.2. The molecule has 0 aromatic rings. The van der Waals surface area contributed by atoms with E-state index in [-0.39, 0.29) is 27.3 Å². The Balaban J connectivity index is -0.000000529. The van der Waals surface area contributed by atoms with E-state index < -0.39 is 39.5 Å². The number of hydrogen-bond acceptors (Lipinski definition) is 0.